The van der Waals surface area contributed by atoms with E-state index in [-0.39, 0.29) is 39.4 Å². The molecular weight excluding hydrogens is 651 g/mol. The van der Waals surface area contributed by atoms with Gasteiger partial charge in [-0.25, -0.2) is 14.3 Å². The number of nitrogens with two attached hydrogens (primary N) is 1. The number of carboxylic acids is 1. The van der Waals surface area contributed by atoms with Crippen LogP contribution in [0.4, 0.5) is 5.13 Å². The molecule has 1 fully saturated rings. The fourth-order valence-corrected chi connectivity index (χ4v) is 7.66. The van der Waals surface area contributed by atoms with Crippen LogP contribution >= 0.6 is 34.9 Å². The number of thioether (sulfide) groups is 2. The highest BCUT2D eigenvalue weighted by Crippen LogP contribution is 2.41. The number of carbonyl (C=O) groups is 4. The van der Waals surface area contributed by atoms with Gasteiger partial charge in [0.1, 0.15) is 29.4 Å². The lowest BCUT2D eigenvalue weighted by Crippen LogP contribution is -2.71. The van der Waals surface area contributed by atoms with E-state index in [4.69, 9.17) is 5.73 Å². The van der Waals surface area contributed by atoms with Crippen LogP contribution in [0.25, 0.3) is 0 Å². The molecule has 1 saturated heterocycles. The molecule has 0 aromatic carbocycles. The van der Waals surface area contributed by atoms with Crippen molar-refractivity contribution >= 4 is 63.7 Å². The van der Waals surface area contributed by atoms with Gasteiger partial charge in [0.2, 0.25) is 11.3 Å². The summed E-state index contributed by atoms with van der Waals surface area (Å²) in [5, 5.41) is 44.3. The van der Waals surface area contributed by atoms with Crippen LogP contribution in [0.1, 0.15) is 22.2 Å². The first-order valence-electron chi connectivity index (χ1n) is 13.1. The van der Waals surface area contributed by atoms with Crippen LogP contribution in [0.15, 0.2) is 63.1 Å². The number of β-lactam (4-membered cyclic amide) rings is 1. The quantitative estimate of drug-likeness (QED) is 0.0565. The van der Waals surface area contributed by atoms with Crippen molar-refractivity contribution in [2.24, 2.45) is 0 Å². The lowest BCUT2D eigenvalue weighted by atomic mass is 10.0. The fraction of sp³-hybridized carbons (Fsp3) is 0.269. The number of rotatable bonds is 11. The van der Waals surface area contributed by atoms with Crippen molar-refractivity contribution in [1.82, 2.24) is 25.2 Å². The molecule has 8 N–H and O–H groups in total. The number of anilines is 1. The number of nitrogen functional groups attached to an aromatic ring is 1. The van der Waals surface area contributed by atoms with Crippen LogP contribution in [0, 0.1) is 0 Å². The van der Waals surface area contributed by atoms with Crippen molar-refractivity contribution in [3.63, 3.8) is 0 Å². The lowest BCUT2D eigenvalue weighted by Gasteiger charge is -2.49. The van der Waals surface area contributed by atoms with Crippen LogP contribution in [0.5, 0.6) is 5.75 Å². The predicted molar refractivity (Wildman–Crippen MR) is 160 cm³/mol. The highest BCUT2D eigenvalue weighted by atomic mass is 32.2. The Morgan fingerprint density at radius 1 is 1.29 bits per heavy atom. The molecular formula is C26H26N7O9S3+. The van der Waals surface area contributed by atoms with E-state index in [0.717, 1.165) is 21.1 Å². The Hall–Kier alpha value is -4.59. The Balaban J connectivity index is 1.32. The van der Waals surface area contributed by atoms with E-state index in [1.807, 2.05) is 18.3 Å². The van der Waals surface area contributed by atoms with Gasteiger partial charge in [0.25, 0.3) is 11.8 Å². The summed E-state index contributed by atoms with van der Waals surface area (Å²) in [6.45, 7) is 0.373. The smallest absolute Gasteiger partial charge is 0.352 e. The van der Waals surface area contributed by atoms with Crippen molar-refractivity contribution < 1.29 is 44.3 Å². The molecule has 3 aromatic heterocycles. The zero-order valence-corrected chi connectivity index (χ0v) is 25.5. The third-order valence-corrected chi connectivity index (χ3v) is 9.87. The summed E-state index contributed by atoms with van der Waals surface area (Å²) in [4.78, 5) is 69.8. The molecule has 0 radical (unpaired) electrons. The molecule has 16 nitrogen and oxygen atoms in total. The number of hydrogen-bond donors (Lipinski definition) is 7. The maximum atomic E-state index is 13.5. The van der Waals surface area contributed by atoms with Gasteiger partial charge < -0.3 is 36.9 Å². The van der Waals surface area contributed by atoms with Gasteiger partial charge in [-0.3, -0.25) is 24.1 Å². The lowest BCUT2D eigenvalue weighted by molar-refractivity contribution is -0.699. The largest absolute Gasteiger partial charge is 0.503 e. The van der Waals surface area contributed by atoms with E-state index in [9.17, 15) is 44.5 Å². The number of aliphatic hydroxyl groups is 1. The number of nitrogens with zero attached hydrogens (tertiary/aromatic N) is 4. The summed E-state index contributed by atoms with van der Waals surface area (Å²) >= 11 is 3.64. The topological polar surface area (TPSA) is 241 Å². The highest BCUT2D eigenvalue weighted by molar-refractivity contribution is 8.01. The molecule has 1 unspecified atom stereocenters. The molecule has 0 bridgehead atoms. The molecule has 0 spiro atoms. The van der Waals surface area contributed by atoms with E-state index in [1.54, 1.807) is 10.8 Å². The first kappa shape index (κ1) is 31.8. The van der Waals surface area contributed by atoms with Crippen LogP contribution in [0.2, 0.25) is 0 Å². The third-order valence-electron chi connectivity index (χ3n) is 6.77. The van der Waals surface area contributed by atoms with Crippen LogP contribution in [-0.4, -0.2) is 88.4 Å². The Morgan fingerprint density at radius 2 is 2.07 bits per heavy atom. The van der Waals surface area contributed by atoms with Crippen molar-refractivity contribution in [2.75, 3.05) is 23.8 Å². The number of thiazole rings is 1. The molecule has 45 heavy (non-hydrogen) atoms. The zero-order chi connectivity index (χ0) is 32.4. The number of pyridine rings is 2. The van der Waals surface area contributed by atoms with Crippen molar-refractivity contribution in [3.8, 4) is 5.75 Å². The molecule has 0 aliphatic carbocycles. The number of aliphatic hydroxyl groups excluding tert-OH is 1. The summed E-state index contributed by atoms with van der Waals surface area (Å²) < 4.78 is 2.01. The summed E-state index contributed by atoms with van der Waals surface area (Å²) in [5.41, 5.74) is 4.56. The highest BCUT2D eigenvalue weighted by Gasteiger charge is 2.54. The van der Waals surface area contributed by atoms with Crippen molar-refractivity contribution in [2.45, 2.75) is 28.9 Å². The Kier molecular flexibility index (Phi) is 9.32. The minimum Gasteiger partial charge on any atom is -0.503 e. The van der Waals surface area contributed by atoms with E-state index in [1.165, 1.54) is 28.9 Å². The number of carboxylic acid groups (broad SMARTS) is 1. The minimum atomic E-state index is -1.52. The number of fused-ring (bicyclic) bond motifs is 1. The first-order chi connectivity index (χ1) is 21.5. The average Bonchev–Trinajstić information content (AvgIpc) is 3.44. The summed E-state index contributed by atoms with van der Waals surface area (Å²) in [7, 11) is 0. The molecule has 19 heteroatoms. The van der Waals surface area contributed by atoms with Crippen molar-refractivity contribution in [1.29, 1.82) is 0 Å². The number of aromatic nitrogens is 3. The van der Waals surface area contributed by atoms with E-state index in [2.05, 4.69) is 15.6 Å². The van der Waals surface area contributed by atoms with Gasteiger partial charge in [-0.2, -0.15) is 4.73 Å². The summed E-state index contributed by atoms with van der Waals surface area (Å²) in [6.07, 6.45) is 4.24. The van der Waals surface area contributed by atoms with Crippen molar-refractivity contribution in [3.05, 3.63) is 75.1 Å². The monoisotopic (exact) mass is 676 g/mol. The maximum absolute atomic E-state index is 13.5. The molecule has 0 saturated carbocycles. The summed E-state index contributed by atoms with van der Waals surface area (Å²) in [6, 6.07) is 1.68. The molecule has 3 aromatic rings. The second kappa shape index (κ2) is 13.2. The molecule has 236 valence electrons. The number of hydrogen-bond acceptors (Lipinski definition) is 13. The number of amides is 3. The minimum absolute atomic E-state index is 0.0144. The van der Waals surface area contributed by atoms with Gasteiger partial charge in [0.15, 0.2) is 35.9 Å². The summed E-state index contributed by atoms with van der Waals surface area (Å²) in [5.74, 6) is -4.14. The predicted octanol–water partition coefficient (Wildman–Crippen LogP) is -0.888. The number of aliphatic carboxylic acids is 1. The average molecular weight is 677 g/mol. The van der Waals surface area contributed by atoms with Gasteiger partial charge in [-0.05, 0) is 11.6 Å². The third kappa shape index (κ3) is 6.60. The van der Waals surface area contributed by atoms with E-state index >= 15 is 0 Å². The van der Waals surface area contributed by atoms with Gasteiger partial charge in [-0.1, -0.05) is 0 Å². The van der Waals surface area contributed by atoms with Gasteiger partial charge in [0.05, 0.1) is 16.8 Å². The zero-order valence-electron chi connectivity index (χ0n) is 23.0. The second-order valence-corrected chi connectivity index (χ2v) is 12.8. The maximum Gasteiger partial charge on any atom is 0.352 e. The Labute approximate surface area is 266 Å². The molecule has 5 rings (SSSR count). The molecule has 5 heterocycles. The molecule has 2 aliphatic rings. The fourth-order valence-electron chi connectivity index (χ4n) is 4.63. The molecule has 3 atom stereocenters. The molecule has 3 amide bonds. The number of carbonyl (C=O) groups excluding carboxylic acids is 3. The Bertz CT molecular complexity index is 1780. The Morgan fingerprint density at radius 3 is 2.76 bits per heavy atom. The van der Waals surface area contributed by atoms with Gasteiger partial charge >= 0.3 is 5.97 Å². The van der Waals surface area contributed by atoms with E-state index in [0.29, 0.717) is 24.4 Å². The molecule has 2 aliphatic heterocycles. The normalized spacial score (nSPS) is 18.2. The van der Waals surface area contributed by atoms with Crippen LogP contribution < -0.4 is 26.4 Å². The number of nitrogens with one attached hydrogen (secondary N) is 2. The van der Waals surface area contributed by atoms with Gasteiger partial charge in [0, 0.05) is 29.0 Å². The number of aromatic hydroxyl groups is 1. The first-order valence-corrected chi connectivity index (χ1v) is 16.0. The van der Waals surface area contributed by atoms with Crippen LogP contribution in [-0.2, 0) is 20.9 Å². The van der Waals surface area contributed by atoms with E-state index < -0.39 is 58.0 Å². The van der Waals surface area contributed by atoms with Crippen LogP contribution in [0.3, 0.4) is 0 Å². The van der Waals surface area contributed by atoms with Gasteiger partial charge in [-0.15, -0.1) is 34.9 Å². The second-order valence-electron chi connectivity index (χ2n) is 9.71. The SMILES string of the molecule is Nc1nc(C(NC(=O)c2cc(=O)c(O)cn2O)C(=O)N[C@@H]2C(=O)N3C(C(=O)O)=C(CSc4ccc[n+](CCO)c4)CS[C@H]23)cs1. The standard InChI is InChI=1S/C26H25N7O9S3/c27-26-28-14(11-45-26)18(29-21(37)15-6-16(35)17(36)8-32(15)42)22(38)30-19-23(39)33-20(25(40)41)12(10-44-24(19)33)9-43-13-2-1-3-31(7-13)4-5-34/h1-3,6-8,11,18-19,24,34,42H,4-5,9-10H2,(H5-,27,28,29,30,36,37,38,40,41)/p+1/t18?,19-,24-/m1/s1.